The van der Waals surface area contributed by atoms with Crippen molar-refractivity contribution in [3.05, 3.63) is 51.5 Å². The molecule has 2 aliphatic rings. The van der Waals surface area contributed by atoms with Crippen molar-refractivity contribution in [1.82, 2.24) is 15.2 Å². The van der Waals surface area contributed by atoms with Gasteiger partial charge in [-0.2, -0.15) is 0 Å². The molecule has 29 heavy (non-hydrogen) atoms. The monoisotopic (exact) mass is 430 g/mol. The average molecular weight is 431 g/mol. The molecule has 1 aliphatic carbocycles. The molecule has 3 amide bonds. The van der Waals surface area contributed by atoms with E-state index in [4.69, 9.17) is 11.6 Å². The van der Waals surface area contributed by atoms with Crippen molar-refractivity contribution >= 4 is 46.1 Å². The predicted molar refractivity (Wildman–Crippen MR) is 116 cm³/mol. The van der Waals surface area contributed by atoms with Crippen molar-refractivity contribution in [3.63, 3.8) is 0 Å². The lowest BCUT2D eigenvalue weighted by atomic mass is 10.1. The van der Waals surface area contributed by atoms with Crippen LogP contribution in [0.1, 0.15) is 41.8 Å². The number of halogens is 1. The van der Waals surface area contributed by atoms with Gasteiger partial charge in [0.2, 0.25) is 5.91 Å². The minimum absolute atomic E-state index is 0.0579. The normalized spacial score (nSPS) is 16.8. The molecule has 1 aliphatic heterocycles. The highest BCUT2D eigenvalue weighted by molar-refractivity contribution is 7.15. The Morgan fingerprint density at radius 3 is 2.83 bits per heavy atom. The van der Waals surface area contributed by atoms with Crippen molar-refractivity contribution < 1.29 is 9.59 Å². The Balaban J connectivity index is 1.35. The summed E-state index contributed by atoms with van der Waals surface area (Å²) in [6, 6.07) is 7.49. The fraction of sp³-hybridized carbons (Fsp3) is 0.381. The van der Waals surface area contributed by atoms with E-state index in [0.29, 0.717) is 29.7 Å². The summed E-state index contributed by atoms with van der Waals surface area (Å²) in [5.41, 5.74) is 1.78. The van der Waals surface area contributed by atoms with Crippen LogP contribution in [0.3, 0.4) is 0 Å². The van der Waals surface area contributed by atoms with Crippen LogP contribution in [0.4, 0.5) is 9.93 Å². The number of urea groups is 1. The molecule has 2 aromatic rings. The molecule has 0 bridgehead atoms. The maximum absolute atomic E-state index is 12.6. The number of nitrogens with one attached hydrogen (secondary N) is 2. The van der Waals surface area contributed by atoms with E-state index in [-0.39, 0.29) is 18.0 Å². The number of carbonyl (C=O) groups is 2. The molecule has 0 saturated heterocycles. The lowest BCUT2D eigenvalue weighted by Gasteiger charge is -2.24. The molecule has 2 N–H and O–H groups in total. The van der Waals surface area contributed by atoms with Crippen molar-refractivity contribution in [3.8, 4) is 0 Å². The molecule has 8 heteroatoms. The number of fused-ring (bicyclic) bond motifs is 1. The molecule has 1 fully saturated rings. The molecule has 2 heterocycles. The number of hydrogen-bond donors (Lipinski definition) is 2. The van der Waals surface area contributed by atoms with Crippen LogP contribution in [-0.4, -0.2) is 34.4 Å². The quantitative estimate of drug-likeness (QED) is 0.703. The second-order valence-electron chi connectivity index (χ2n) is 7.33. The largest absolute Gasteiger partial charge is 0.335 e. The second kappa shape index (κ2) is 8.97. The van der Waals surface area contributed by atoms with Crippen LogP contribution < -0.4 is 10.6 Å². The number of rotatable bonds is 4. The summed E-state index contributed by atoms with van der Waals surface area (Å²) in [6.07, 6.45) is 8.41. The first kappa shape index (κ1) is 19.9. The first-order valence-corrected chi connectivity index (χ1v) is 11.1. The second-order valence-corrected chi connectivity index (χ2v) is 8.82. The maximum atomic E-state index is 12.6. The van der Waals surface area contributed by atoms with E-state index in [2.05, 4.69) is 15.6 Å². The Hall–Kier alpha value is -2.38. The summed E-state index contributed by atoms with van der Waals surface area (Å²) in [5.74, 6) is -0.0579. The molecular weight excluding hydrogens is 408 g/mol. The molecule has 4 rings (SSSR count). The summed E-state index contributed by atoms with van der Waals surface area (Å²) < 4.78 is 0. The topological polar surface area (TPSA) is 74.3 Å². The highest BCUT2D eigenvalue weighted by atomic mass is 35.5. The van der Waals surface area contributed by atoms with Crippen molar-refractivity contribution in [1.29, 1.82) is 0 Å². The van der Waals surface area contributed by atoms with Crippen LogP contribution >= 0.6 is 22.9 Å². The number of hydrogen-bond acceptors (Lipinski definition) is 4. The van der Waals surface area contributed by atoms with Gasteiger partial charge in [0.25, 0.3) is 0 Å². The van der Waals surface area contributed by atoms with Crippen molar-refractivity contribution in [2.75, 3.05) is 11.9 Å². The van der Waals surface area contributed by atoms with E-state index in [1.165, 1.54) is 24.2 Å². The first-order valence-electron chi connectivity index (χ1n) is 9.86. The standard InChI is InChI=1S/C21H23ClN4O2S/c22-16-8-4-1-5-14(16)9-10-19(27)26-12-11-17-18(13-26)29-21(24-17)25-20(28)23-15-6-2-3-7-15/h1,4-5,8-10,15H,2-3,6-7,11-13H2,(H2,23,24,25,28)/b10-9+. The van der Waals surface area contributed by atoms with Crippen LogP contribution in [0.25, 0.3) is 6.08 Å². The van der Waals surface area contributed by atoms with Crippen LogP contribution in [-0.2, 0) is 17.8 Å². The predicted octanol–water partition coefficient (Wildman–Crippen LogP) is 4.46. The SMILES string of the molecule is O=C(Nc1nc2c(s1)CN(C(=O)/C=C/c1ccccc1Cl)CC2)NC1CCCC1. The molecule has 0 atom stereocenters. The van der Waals surface area contributed by atoms with Gasteiger partial charge < -0.3 is 10.2 Å². The van der Waals surface area contributed by atoms with Gasteiger partial charge in [0, 0.05) is 35.0 Å². The molecule has 6 nitrogen and oxygen atoms in total. The Labute approximate surface area is 179 Å². The van der Waals surface area contributed by atoms with Gasteiger partial charge in [-0.05, 0) is 30.5 Å². The van der Waals surface area contributed by atoms with Gasteiger partial charge in [-0.25, -0.2) is 9.78 Å². The molecule has 0 unspecified atom stereocenters. The smallest absolute Gasteiger partial charge is 0.321 e. The van der Waals surface area contributed by atoms with Crippen LogP contribution in [0.5, 0.6) is 0 Å². The number of aromatic nitrogens is 1. The number of amides is 3. The average Bonchev–Trinajstić information content (AvgIpc) is 3.35. The van der Waals surface area contributed by atoms with Crippen LogP contribution in [0.2, 0.25) is 5.02 Å². The number of thiazole rings is 1. The van der Waals surface area contributed by atoms with Crippen LogP contribution in [0, 0.1) is 0 Å². The van der Waals surface area contributed by atoms with E-state index in [1.54, 1.807) is 23.1 Å². The Morgan fingerprint density at radius 1 is 1.24 bits per heavy atom. The number of carbonyl (C=O) groups excluding carboxylic acids is 2. The third-order valence-electron chi connectivity index (χ3n) is 5.26. The Kier molecular flexibility index (Phi) is 6.16. The summed E-state index contributed by atoms with van der Waals surface area (Å²) >= 11 is 7.57. The fourth-order valence-corrected chi connectivity index (χ4v) is 4.92. The zero-order valence-electron chi connectivity index (χ0n) is 16.0. The third-order valence-corrected chi connectivity index (χ3v) is 6.61. The highest BCUT2D eigenvalue weighted by Gasteiger charge is 2.24. The number of anilines is 1. The summed E-state index contributed by atoms with van der Waals surface area (Å²) in [7, 11) is 0. The van der Waals surface area contributed by atoms with E-state index in [1.807, 2.05) is 18.2 Å². The Bertz CT molecular complexity index is 937. The van der Waals surface area contributed by atoms with E-state index in [0.717, 1.165) is 29.0 Å². The van der Waals surface area contributed by atoms with Gasteiger partial charge in [-0.15, -0.1) is 0 Å². The summed E-state index contributed by atoms with van der Waals surface area (Å²) in [4.78, 5) is 32.1. The number of nitrogens with zero attached hydrogens (tertiary/aromatic N) is 2. The van der Waals surface area contributed by atoms with Crippen LogP contribution in [0.15, 0.2) is 30.3 Å². The van der Waals surface area contributed by atoms with E-state index < -0.39 is 0 Å². The molecular formula is C21H23ClN4O2S. The lowest BCUT2D eigenvalue weighted by Crippen LogP contribution is -2.36. The summed E-state index contributed by atoms with van der Waals surface area (Å²) in [6.45, 7) is 1.11. The van der Waals surface area contributed by atoms with Gasteiger partial charge in [0.1, 0.15) is 0 Å². The van der Waals surface area contributed by atoms with Gasteiger partial charge in [0.15, 0.2) is 5.13 Å². The first-order chi connectivity index (χ1) is 14.1. The van der Waals surface area contributed by atoms with Gasteiger partial charge in [-0.3, -0.25) is 10.1 Å². The molecule has 1 aromatic heterocycles. The summed E-state index contributed by atoms with van der Waals surface area (Å²) in [5, 5.41) is 7.06. The molecule has 1 saturated carbocycles. The minimum Gasteiger partial charge on any atom is -0.335 e. The van der Waals surface area contributed by atoms with Crippen molar-refractivity contribution in [2.24, 2.45) is 0 Å². The zero-order chi connectivity index (χ0) is 20.2. The van der Waals surface area contributed by atoms with E-state index >= 15 is 0 Å². The molecule has 0 spiro atoms. The molecule has 0 radical (unpaired) electrons. The van der Waals surface area contributed by atoms with Crippen molar-refractivity contribution in [2.45, 2.75) is 44.7 Å². The maximum Gasteiger partial charge on any atom is 0.321 e. The zero-order valence-corrected chi connectivity index (χ0v) is 17.6. The Morgan fingerprint density at radius 2 is 2.03 bits per heavy atom. The highest BCUT2D eigenvalue weighted by Crippen LogP contribution is 2.29. The van der Waals surface area contributed by atoms with Gasteiger partial charge >= 0.3 is 6.03 Å². The van der Waals surface area contributed by atoms with E-state index in [9.17, 15) is 9.59 Å². The number of benzene rings is 1. The lowest BCUT2D eigenvalue weighted by molar-refractivity contribution is -0.126. The third kappa shape index (κ3) is 4.97. The molecule has 1 aromatic carbocycles. The molecule has 152 valence electrons. The van der Waals surface area contributed by atoms with Gasteiger partial charge in [-0.1, -0.05) is 54.0 Å². The minimum atomic E-state index is -0.196. The van der Waals surface area contributed by atoms with Gasteiger partial charge in [0.05, 0.1) is 12.2 Å². The fourth-order valence-electron chi connectivity index (χ4n) is 3.70.